The van der Waals surface area contributed by atoms with Crippen LogP contribution < -0.4 is 0 Å². The van der Waals surface area contributed by atoms with Crippen molar-refractivity contribution in [2.45, 2.75) is 46.4 Å². The highest BCUT2D eigenvalue weighted by atomic mass is 19.4. The Kier molecular flexibility index (Phi) is 3.97. The van der Waals surface area contributed by atoms with Gasteiger partial charge in [0.15, 0.2) is 0 Å². The molecule has 2 nitrogen and oxygen atoms in total. The minimum atomic E-state index is -4.39. The fourth-order valence-electron chi connectivity index (χ4n) is 0.766. The van der Waals surface area contributed by atoms with Gasteiger partial charge in [0.25, 0.3) is 0 Å². The zero-order valence-electron chi connectivity index (χ0n) is 8.73. The van der Waals surface area contributed by atoms with E-state index < -0.39 is 24.0 Å². The third-order valence-electron chi connectivity index (χ3n) is 1.72. The molecule has 5 heteroatoms. The molecule has 0 fully saturated rings. The summed E-state index contributed by atoms with van der Waals surface area (Å²) in [7, 11) is 0. The summed E-state index contributed by atoms with van der Waals surface area (Å²) in [6.07, 6.45) is -5.41. The normalized spacial score (nSPS) is 13.1. The summed E-state index contributed by atoms with van der Waals surface area (Å²) in [6, 6.07) is 0. The monoisotopic (exact) mass is 212 g/mol. The molecular weight excluding hydrogens is 197 g/mol. The third kappa shape index (κ3) is 3.98. The van der Waals surface area contributed by atoms with Crippen LogP contribution in [0.5, 0.6) is 0 Å². The van der Waals surface area contributed by atoms with E-state index in [9.17, 15) is 18.0 Å². The Morgan fingerprint density at radius 3 is 2.00 bits per heavy atom. The van der Waals surface area contributed by atoms with Crippen LogP contribution in [0.2, 0.25) is 0 Å². The predicted molar refractivity (Wildman–Crippen MR) is 45.7 cm³/mol. The van der Waals surface area contributed by atoms with Crippen molar-refractivity contribution >= 4 is 5.97 Å². The van der Waals surface area contributed by atoms with Gasteiger partial charge < -0.3 is 4.74 Å². The molecule has 0 atom stereocenters. The van der Waals surface area contributed by atoms with Crippen molar-refractivity contribution < 1.29 is 22.7 Å². The van der Waals surface area contributed by atoms with Crippen molar-refractivity contribution in [3.05, 3.63) is 0 Å². The molecule has 0 rings (SSSR count). The van der Waals surface area contributed by atoms with Gasteiger partial charge in [0.1, 0.15) is 0 Å². The van der Waals surface area contributed by atoms with Crippen molar-refractivity contribution in [2.24, 2.45) is 5.41 Å². The average Bonchev–Trinajstić information content (AvgIpc) is 1.79. The lowest BCUT2D eigenvalue weighted by Crippen LogP contribution is -2.35. The first-order chi connectivity index (χ1) is 6.06. The standard InChI is InChI=1S/C9H15F3O2/c1-6(2)14-7(13)5-8(3,4)9(10,11)12/h6H,5H2,1-4H3. The second-order valence-electron chi connectivity index (χ2n) is 4.10. The number of rotatable bonds is 3. The van der Waals surface area contributed by atoms with Gasteiger partial charge in [0.05, 0.1) is 17.9 Å². The van der Waals surface area contributed by atoms with Gasteiger partial charge in [-0.2, -0.15) is 13.2 Å². The van der Waals surface area contributed by atoms with Crippen LogP contribution in [0.3, 0.4) is 0 Å². The minimum Gasteiger partial charge on any atom is -0.463 e. The fourth-order valence-corrected chi connectivity index (χ4v) is 0.766. The predicted octanol–water partition coefficient (Wildman–Crippen LogP) is 2.92. The average molecular weight is 212 g/mol. The molecule has 0 aromatic carbocycles. The maximum atomic E-state index is 12.3. The van der Waals surface area contributed by atoms with Gasteiger partial charge in [0.2, 0.25) is 0 Å². The largest absolute Gasteiger partial charge is 0.463 e. The molecule has 0 bridgehead atoms. The summed E-state index contributed by atoms with van der Waals surface area (Å²) in [5, 5.41) is 0. The molecule has 0 heterocycles. The van der Waals surface area contributed by atoms with E-state index in [2.05, 4.69) is 4.74 Å². The van der Waals surface area contributed by atoms with Gasteiger partial charge in [-0.05, 0) is 13.8 Å². The summed E-state index contributed by atoms with van der Waals surface area (Å²) in [5.41, 5.74) is -2.03. The second-order valence-corrected chi connectivity index (χ2v) is 4.10. The highest BCUT2D eigenvalue weighted by Gasteiger charge is 2.48. The zero-order chi connectivity index (χ0) is 11.6. The van der Waals surface area contributed by atoms with E-state index in [0.717, 1.165) is 13.8 Å². The number of alkyl halides is 3. The third-order valence-corrected chi connectivity index (χ3v) is 1.72. The molecule has 0 saturated heterocycles. The molecule has 84 valence electrons. The van der Waals surface area contributed by atoms with Gasteiger partial charge in [0, 0.05) is 0 Å². The van der Waals surface area contributed by atoms with Crippen molar-refractivity contribution in [1.29, 1.82) is 0 Å². The van der Waals surface area contributed by atoms with Crippen LogP contribution in [0.15, 0.2) is 0 Å². The summed E-state index contributed by atoms with van der Waals surface area (Å²) >= 11 is 0. The van der Waals surface area contributed by atoms with Crippen LogP contribution >= 0.6 is 0 Å². The van der Waals surface area contributed by atoms with E-state index >= 15 is 0 Å². The number of esters is 1. The number of hydrogen-bond acceptors (Lipinski definition) is 2. The highest BCUT2D eigenvalue weighted by molar-refractivity contribution is 5.70. The Bertz CT molecular complexity index is 207. The molecule has 0 unspecified atom stereocenters. The van der Waals surface area contributed by atoms with E-state index in [1.807, 2.05) is 0 Å². The second kappa shape index (κ2) is 4.19. The van der Waals surface area contributed by atoms with Crippen LogP contribution in [-0.2, 0) is 9.53 Å². The summed E-state index contributed by atoms with van der Waals surface area (Å²) in [5.74, 6) is -0.817. The van der Waals surface area contributed by atoms with E-state index in [-0.39, 0.29) is 6.10 Å². The van der Waals surface area contributed by atoms with Crippen molar-refractivity contribution in [1.82, 2.24) is 0 Å². The number of carbonyl (C=O) groups is 1. The first-order valence-electron chi connectivity index (χ1n) is 4.32. The summed E-state index contributed by atoms with van der Waals surface area (Å²) < 4.78 is 41.6. The van der Waals surface area contributed by atoms with Crippen LogP contribution in [0.1, 0.15) is 34.1 Å². The molecule has 0 N–H and O–H groups in total. The Morgan fingerprint density at radius 2 is 1.71 bits per heavy atom. The topological polar surface area (TPSA) is 26.3 Å². The van der Waals surface area contributed by atoms with Gasteiger partial charge in [-0.1, -0.05) is 13.8 Å². The smallest absolute Gasteiger partial charge is 0.394 e. The van der Waals surface area contributed by atoms with E-state index in [4.69, 9.17) is 0 Å². The van der Waals surface area contributed by atoms with Crippen LogP contribution in [0, 0.1) is 5.41 Å². The highest BCUT2D eigenvalue weighted by Crippen LogP contribution is 2.40. The lowest BCUT2D eigenvalue weighted by atomic mass is 9.89. The Hall–Kier alpha value is -0.740. The Morgan fingerprint density at radius 1 is 1.29 bits per heavy atom. The Balaban J connectivity index is 4.30. The molecule has 14 heavy (non-hydrogen) atoms. The van der Waals surface area contributed by atoms with Crippen molar-refractivity contribution in [3.8, 4) is 0 Å². The first-order valence-corrected chi connectivity index (χ1v) is 4.32. The molecule has 0 saturated carbocycles. The number of halogens is 3. The van der Waals surface area contributed by atoms with Gasteiger partial charge >= 0.3 is 12.1 Å². The number of carbonyl (C=O) groups excluding carboxylic acids is 1. The molecule has 0 aliphatic carbocycles. The molecule has 0 radical (unpaired) electrons. The SMILES string of the molecule is CC(C)OC(=O)CC(C)(C)C(F)(F)F. The van der Waals surface area contributed by atoms with E-state index in [1.54, 1.807) is 13.8 Å². The van der Waals surface area contributed by atoms with Crippen LogP contribution in [-0.4, -0.2) is 18.2 Å². The van der Waals surface area contributed by atoms with Crippen molar-refractivity contribution in [2.75, 3.05) is 0 Å². The zero-order valence-corrected chi connectivity index (χ0v) is 8.73. The molecule has 0 aromatic heterocycles. The Labute approximate surface area is 81.4 Å². The fraction of sp³-hybridized carbons (Fsp3) is 0.889. The molecule has 0 aliphatic heterocycles. The first kappa shape index (κ1) is 13.3. The summed E-state index contributed by atoms with van der Waals surface area (Å²) in [6.45, 7) is 5.15. The lowest BCUT2D eigenvalue weighted by molar-refractivity contribution is -0.218. The molecule has 0 spiro atoms. The summed E-state index contributed by atoms with van der Waals surface area (Å²) in [4.78, 5) is 11.0. The molecule has 0 amide bonds. The quantitative estimate of drug-likeness (QED) is 0.672. The van der Waals surface area contributed by atoms with Crippen LogP contribution in [0.25, 0.3) is 0 Å². The molecule has 0 aromatic rings. The maximum Gasteiger partial charge on any atom is 0.394 e. The van der Waals surface area contributed by atoms with E-state index in [1.165, 1.54) is 0 Å². The number of hydrogen-bond donors (Lipinski definition) is 0. The molecule has 0 aliphatic rings. The van der Waals surface area contributed by atoms with Gasteiger partial charge in [-0.3, -0.25) is 4.79 Å². The maximum absolute atomic E-state index is 12.3. The van der Waals surface area contributed by atoms with Crippen LogP contribution in [0.4, 0.5) is 13.2 Å². The van der Waals surface area contributed by atoms with E-state index in [0.29, 0.717) is 0 Å². The minimum absolute atomic E-state index is 0.383. The van der Waals surface area contributed by atoms with Gasteiger partial charge in [-0.15, -0.1) is 0 Å². The molecular formula is C9H15F3O2. The lowest BCUT2D eigenvalue weighted by Gasteiger charge is -2.26. The van der Waals surface area contributed by atoms with Gasteiger partial charge in [-0.25, -0.2) is 0 Å². The number of ether oxygens (including phenoxy) is 1. The van der Waals surface area contributed by atoms with Crippen molar-refractivity contribution in [3.63, 3.8) is 0 Å².